The first-order valence-electron chi connectivity index (χ1n) is 8.74. The SMILES string of the molecule is COc1ccccc1-c1coc2cc(OC(=O)c3ccccc3Br)ccc2c1=O. The Morgan fingerprint density at radius 3 is 2.52 bits per heavy atom. The van der Waals surface area contributed by atoms with Crippen molar-refractivity contribution >= 4 is 32.9 Å². The Morgan fingerprint density at radius 1 is 0.966 bits per heavy atom. The van der Waals surface area contributed by atoms with Gasteiger partial charge >= 0.3 is 5.97 Å². The van der Waals surface area contributed by atoms with Crippen LogP contribution in [-0.2, 0) is 0 Å². The van der Waals surface area contributed by atoms with Crippen molar-refractivity contribution in [1.29, 1.82) is 0 Å². The molecule has 0 saturated heterocycles. The Labute approximate surface area is 174 Å². The predicted molar refractivity (Wildman–Crippen MR) is 114 cm³/mol. The molecular formula is C23H15BrO5. The van der Waals surface area contributed by atoms with Gasteiger partial charge in [0.2, 0.25) is 5.43 Å². The summed E-state index contributed by atoms with van der Waals surface area (Å²) in [7, 11) is 1.55. The molecule has 0 fully saturated rings. The highest BCUT2D eigenvalue weighted by atomic mass is 79.9. The molecule has 5 nitrogen and oxygen atoms in total. The van der Waals surface area contributed by atoms with Crippen molar-refractivity contribution in [3.8, 4) is 22.6 Å². The minimum Gasteiger partial charge on any atom is -0.496 e. The second-order valence-electron chi connectivity index (χ2n) is 6.21. The molecule has 0 amide bonds. The van der Waals surface area contributed by atoms with E-state index < -0.39 is 5.97 Å². The summed E-state index contributed by atoms with van der Waals surface area (Å²) in [4.78, 5) is 25.4. The third-order valence-electron chi connectivity index (χ3n) is 4.45. The van der Waals surface area contributed by atoms with E-state index in [1.807, 2.05) is 18.2 Å². The number of hydrogen-bond acceptors (Lipinski definition) is 5. The highest BCUT2D eigenvalue weighted by molar-refractivity contribution is 9.10. The number of halogens is 1. The molecule has 0 atom stereocenters. The van der Waals surface area contributed by atoms with E-state index in [0.29, 0.717) is 37.9 Å². The average molecular weight is 451 g/mol. The van der Waals surface area contributed by atoms with Crippen molar-refractivity contribution < 1.29 is 18.7 Å². The predicted octanol–water partition coefficient (Wildman–Crippen LogP) is 5.45. The van der Waals surface area contributed by atoms with Crippen LogP contribution in [0.3, 0.4) is 0 Å². The van der Waals surface area contributed by atoms with E-state index >= 15 is 0 Å². The van der Waals surface area contributed by atoms with Gasteiger partial charge in [-0.15, -0.1) is 0 Å². The topological polar surface area (TPSA) is 65.7 Å². The molecule has 1 heterocycles. The number of fused-ring (bicyclic) bond motifs is 1. The molecule has 0 saturated carbocycles. The zero-order valence-corrected chi connectivity index (χ0v) is 16.9. The van der Waals surface area contributed by atoms with Crippen LogP contribution < -0.4 is 14.9 Å². The van der Waals surface area contributed by atoms with Crippen molar-refractivity contribution in [2.24, 2.45) is 0 Å². The molecule has 29 heavy (non-hydrogen) atoms. The van der Waals surface area contributed by atoms with Crippen LogP contribution in [0.4, 0.5) is 0 Å². The van der Waals surface area contributed by atoms with Crippen molar-refractivity contribution in [1.82, 2.24) is 0 Å². The standard InChI is InChI=1S/C23H15BrO5/c1-27-20-9-5-3-6-15(20)18-13-28-21-12-14(10-11-17(21)22(18)25)29-23(26)16-7-2-4-8-19(16)24/h2-13H,1H3. The van der Waals surface area contributed by atoms with E-state index in [9.17, 15) is 9.59 Å². The maximum absolute atomic E-state index is 13.0. The molecule has 0 aliphatic carbocycles. The second kappa shape index (κ2) is 7.93. The van der Waals surface area contributed by atoms with E-state index in [1.165, 1.54) is 12.3 Å². The summed E-state index contributed by atoms with van der Waals surface area (Å²) in [5.41, 5.74) is 1.58. The maximum Gasteiger partial charge on any atom is 0.344 e. The fourth-order valence-corrected chi connectivity index (χ4v) is 3.46. The lowest BCUT2D eigenvalue weighted by atomic mass is 10.0. The van der Waals surface area contributed by atoms with Crippen LogP contribution in [0.1, 0.15) is 10.4 Å². The lowest BCUT2D eigenvalue weighted by Gasteiger charge is -2.09. The fraction of sp³-hybridized carbons (Fsp3) is 0.0435. The number of methoxy groups -OCH3 is 1. The van der Waals surface area contributed by atoms with Crippen LogP contribution in [0.5, 0.6) is 11.5 Å². The van der Waals surface area contributed by atoms with Gasteiger partial charge in [0.1, 0.15) is 23.3 Å². The Balaban J connectivity index is 1.70. The molecule has 144 valence electrons. The molecule has 0 bridgehead atoms. The second-order valence-corrected chi connectivity index (χ2v) is 7.06. The molecule has 0 aliphatic rings. The van der Waals surface area contributed by atoms with Crippen LogP contribution in [0.15, 0.2) is 86.7 Å². The summed E-state index contributed by atoms with van der Waals surface area (Å²) in [6, 6.07) is 18.9. The van der Waals surface area contributed by atoms with Crippen LogP contribution >= 0.6 is 15.9 Å². The first-order chi connectivity index (χ1) is 14.1. The summed E-state index contributed by atoms with van der Waals surface area (Å²) in [6.07, 6.45) is 1.39. The number of benzene rings is 3. The van der Waals surface area contributed by atoms with Gasteiger partial charge in [-0.1, -0.05) is 30.3 Å². The molecule has 0 spiro atoms. The number of esters is 1. The number of carbonyl (C=O) groups is 1. The molecule has 4 rings (SSSR count). The van der Waals surface area contributed by atoms with Crippen LogP contribution in [0, 0.1) is 0 Å². The van der Waals surface area contributed by atoms with E-state index in [2.05, 4.69) is 15.9 Å². The first kappa shape index (κ1) is 19.0. The Morgan fingerprint density at radius 2 is 1.72 bits per heavy atom. The van der Waals surface area contributed by atoms with Crippen molar-refractivity contribution in [2.45, 2.75) is 0 Å². The first-order valence-corrected chi connectivity index (χ1v) is 9.53. The van der Waals surface area contributed by atoms with Gasteiger partial charge in [-0.25, -0.2) is 4.79 Å². The van der Waals surface area contributed by atoms with Crippen LogP contribution in [0.25, 0.3) is 22.1 Å². The van der Waals surface area contributed by atoms with E-state index in [0.717, 1.165) is 0 Å². The molecule has 0 N–H and O–H groups in total. The van der Waals surface area contributed by atoms with Crippen molar-refractivity contribution in [3.63, 3.8) is 0 Å². The Kier molecular flexibility index (Phi) is 5.18. The largest absolute Gasteiger partial charge is 0.496 e. The Hall–Kier alpha value is -3.38. The highest BCUT2D eigenvalue weighted by Crippen LogP contribution is 2.29. The lowest BCUT2D eigenvalue weighted by Crippen LogP contribution is -2.10. The molecule has 0 radical (unpaired) electrons. The van der Waals surface area contributed by atoms with E-state index in [-0.39, 0.29) is 11.2 Å². The maximum atomic E-state index is 13.0. The molecule has 3 aromatic carbocycles. The average Bonchev–Trinajstić information content (AvgIpc) is 2.74. The van der Waals surface area contributed by atoms with Crippen LogP contribution in [0.2, 0.25) is 0 Å². The normalized spacial score (nSPS) is 10.7. The molecule has 0 unspecified atom stereocenters. The molecule has 4 aromatic rings. The molecular weight excluding hydrogens is 436 g/mol. The zero-order chi connectivity index (χ0) is 20.4. The monoisotopic (exact) mass is 450 g/mol. The lowest BCUT2D eigenvalue weighted by molar-refractivity contribution is 0.0734. The number of rotatable bonds is 4. The third-order valence-corrected chi connectivity index (χ3v) is 5.14. The van der Waals surface area contributed by atoms with Crippen LogP contribution in [-0.4, -0.2) is 13.1 Å². The van der Waals surface area contributed by atoms with Crippen molar-refractivity contribution in [3.05, 3.63) is 93.3 Å². The third kappa shape index (κ3) is 3.67. The van der Waals surface area contributed by atoms with Gasteiger partial charge in [0, 0.05) is 16.1 Å². The Bertz CT molecular complexity index is 1280. The van der Waals surface area contributed by atoms with Gasteiger partial charge in [0.15, 0.2) is 0 Å². The van der Waals surface area contributed by atoms with E-state index in [1.54, 1.807) is 49.6 Å². The minimum absolute atomic E-state index is 0.195. The number of para-hydroxylation sites is 1. The molecule has 0 aliphatic heterocycles. The van der Waals surface area contributed by atoms with Gasteiger partial charge in [-0.2, -0.15) is 0 Å². The summed E-state index contributed by atoms with van der Waals surface area (Å²) < 4.78 is 17.1. The van der Waals surface area contributed by atoms with Gasteiger partial charge in [0.05, 0.1) is 23.6 Å². The minimum atomic E-state index is -0.509. The van der Waals surface area contributed by atoms with Gasteiger partial charge < -0.3 is 13.9 Å². The number of carbonyl (C=O) groups excluding carboxylic acids is 1. The molecule has 6 heteroatoms. The number of ether oxygens (including phenoxy) is 2. The van der Waals surface area contributed by atoms with E-state index in [4.69, 9.17) is 13.9 Å². The van der Waals surface area contributed by atoms with Gasteiger partial charge in [0.25, 0.3) is 0 Å². The van der Waals surface area contributed by atoms with Gasteiger partial charge in [-0.3, -0.25) is 4.79 Å². The number of hydrogen-bond donors (Lipinski definition) is 0. The van der Waals surface area contributed by atoms with Crippen molar-refractivity contribution in [2.75, 3.05) is 7.11 Å². The molecule has 1 aromatic heterocycles. The summed E-state index contributed by atoms with van der Waals surface area (Å²) >= 11 is 3.33. The van der Waals surface area contributed by atoms with Gasteiger partial charge in [-0.05, 0) is 46.3 Å². The summed E-state index contributed by atoms with van der Waals surface area (Å²) in [5, 5.41) is 0.383. The highest BCUT2D eigenvalue weighted by Gasteiger charge is 2.15. The quantitative estimate of drug-likeness (QED) is 0.305. The zero-order valence-electron chi connectivity index (χ0n) is 15.3. The summed E-state index contributed by atoms with van der Waals surface area (Å²) in [6.45, 7) is 0. The smallest absolute Gasteiger partial charge is 0.344 e. The fourth-order valence-electron chi connectivity index (χ4n) is 3.01. The summed E-state index contributed by atoms with van der Waals surface area (Å²) in [5.74, 6) is 0.356.